The Balaban J connectivity index is 2.23. The van der Waals surface area contributed by atoms with Crippen LogP contribution in [-0.4, -0.2) is 28.2 Å². The smallest absolute Gasteiger partial charge is 0.387 e. The van der Waals surface area contributed by atoms with E-state index in [9.17, 15) is 8.78 Å². The van der Waals surface area contributed by atoms with Gasteiger partial charge in [-0.25, -0.2) is 0 Å². The molecule has 0 unspecified atom stereocenters. The quantitative estimate of drug-likeness (QED) is 0.869. The standard InChI is InChI=1S/C12H14F2N4O/c13-12(14)19-11-5-2-1-4-9(11)10-8-18(17-16-10)7-3-6-15/h1-2,4-5,8,12H,3,6-7,15H2. The second kappa shape index (κ2) is 6.24. The molecule has 0 spiro atoms. The summed E-state index contributed by atoms with van der Waals surface area (Å²) in [5, 5.41) is 7.87. The van der Waals surface area contributed by atoms with Crippen molar-refractivity contribution in [1.29, 1.82) is 0 Å². The summed E-state index contributed by atoms with van der Waals surface area (Å²) in [7, 11) is 0. The number of ether oxygens (including phenoxy) is 1. The van der Waals surface area contributed by atoms with E-state index in [2.05, 4.69) is 15.0 Å². The van der Waals surface area contributed by atoms with Crippen LogP contribution in [0.1, 0.15) is 6.42 Å². The van der Waals surface area contributed by atoms with Crippen LogP contribution in [0.2, 0.25) is 0 Å². The van der Waals surface area contributed by atoms with Crippen molar-refractivity contribution >= 4 is 0 Å². The Kier molecular flexibility index (Phi) is 4.40. The number of aromatic nitrogens is 3. The van der Waals surface area contributed by atoms with E-state index in [1.807, 2.05) is 0 Å². The van der Waals surface area contributed by atoms with E-state index in [-0.39, 0.29) is 5.75 Å². The Morgan fingerprint density at radius 2 is 2.11 bits per heavy atom. The minimum atomic E-state index is -2.87. The Morgan fingerprint density at radius 3 is 2.84 bits per heavy atom. The van der Waals surface area contributed by atoms with Crippen LogP contribution in [0.5, 0.6) is 5.75 Å². The maximum atomic E-state index is 12.3. The van der Waals surface area contributed by atoms with Crippen molar-refractivity contribution in [1.82, 2.24) is 15.0 Å². The molecule has 0 amide bonds. The van der Waals surface area contributed by atoms with Crippen LogP contribution in [0, 0.1) is 0 Å². The Labute approximate surface area is 109 Å². The van der Waals surface area contributed by atoms with Crippen molar-refractivity contribution in [3.05, 3.63) is 30.5 Å². The Morgan fingerprint density at radius 1 is 1.32 bits per heavy atom. The Hall–Kier alpha value is -2.02. The van der Waals surface area contributed by atoms with Gasteiger partial charge < -0.3 is 10.5 Å². The first kappa shape index (κ1) is 13.4. The lowest BCUT2D eigenvalue weighted by molar-refractivity contribution is -0.0494. The second-order valence-electron chi connectivity index (χ2n) is 3.88. The topological polar surface area (TPSA) is 66.0 Å². The monoisotopic (exact) mass is 268 g/mol. The van der Waals surface area contributed by atoms with Crippen LogP contribution < -0.4 is 10.5 Å². The highest BCUT2D eigenvalue weighted by Gasteiger charge is 2.13. The van der Waals surface area contributed by atoms with Crippen LogP contribution in [0.15, 0.2) is 30.5 Å². The molecule has 0 aliphatic carbocycles. The molecular weight excluding hydrogens is 254 g/mol. The summed E-state index contributed by atoms with van der Waals surface area (Å²) in [5.41, 5.74) is 6.39. The number of alkyl halides is 2. The van der Waals surface area contributed by atoms with E-state index in [0.29, 0.717) is 24.3 Å². The van der Waals surface area contributed by atoms with Gasteiger partial charge in [0, 0.05) is 12.1 Å². The molecule has 0 atom stereocenters. The highest BCUT2D eigenvalue weighted by molar-refractivity contribution is 5.66. The number of halogens is 2. The number of nitrogens with zero attached hydrogens (tertiary/aromatic N) is 3. The normalized spacial score (nSPS) is 10.9. The molecule has 1 aromatic heterocycles. The van der Waals surface area contributed by atoms with E-state index < -0.39 is 6.61 Å². The van der Waals surface area contributed by atoms with Crippen molar-refractivity contribution in [2.45, 2.75) is 19.6 Å². The molecule has 102 valence electrons. The van der Waals surface area contributed by atoms with Crippen LogP contribution in [0.25, 0.3) is 11.3 Å². The first-order valence-electron chi connectivity index (χ1n) is 5.85. The van der Waals surface area contributed by atoms with E-state index in [1.165, 1.54) is 6.07 Å². The summed E-state index contributed by atoms with van der Waals surface area (Å²) in [6.45, 7) is -1.67. The van der Waals surface area contributed by atoms with Crippen molar-refractivity contribution in [3.8, 4) is 17.0 Å². The molecule has 1 heterocycles. The molecular formula is C12H14F2N4O. The number of rotatable bonds is 6. The van der Waals surface area contributed by atoms with Crippen molar-refractivity contribution < 1.29 is 13.5 Å². The van der Waals surface area contributed by atoms with Crippen molar-refractivity contribution in [2.24, 2.45) is 5.73 Å². The molecule has 0 saturated heterocycles. The Bertz CT molecular complexity index is 530. The zero-order valence-corrected chi connectivity index (χ0v) is 10.2. The molecule has 0 aliphatic rings. The van der Waals surface area contributed by atoms with Gasteiger partial charge in [-0.15, -0.1) is 5.10 Å². The van der Waals surface area contributed by atoms with E-state index >= 15 is 0 Å². The lowest BCUT2D eigenvalue weighted by Gasteiger charge is -2.07. The number of aryl methyl sites for hydroxylation is 1. The van der Waals surface area contributed by atoms with Gasteiger partial charge in [0.25, 0.3) is 0 Å². The van der Waals surface area contributed by atoms with Gasteiger partial charge in [-0.2, -0.15) is 8.78 Å². The molecule has 2 N–H and O–H groups in total. The largest absolute Gasteiger partial charge is 0.434 e. The van der Waals surface area contributed by atoms with Gasteiger partial charge >= 0.3 is 6.61 Å². The number of hydrogen-bond donors (Lipinski definition) is 1. The molecule has 0 bridgehead atoms. The maximum absolute atomic E-state index is 12.3. The van der Waals surface area contributed by atoms with Gasteiger partial charge in [-0.1, -0.05) is 17.3 Å². The highest BCUT2D eigenvalue weighted by Crippen LogP contribution is 2.29. The first-order valence-corrected chi connectivity index (χ1v) is 5.85. The highest BCUT2D eigenvalue weighted by atomic mass is 19.3. The molecule has 2 rings (SSSR count). The SMILES string of the molecule is NCCCn1cc(-c2ccccc2OC(F)F)nn1. The predicted octanol–water partition coefficient (Wildman–Crippen LogP) is 1.90. The minimum absolute atomic E-state index is 0.0865. The summed E-state index contributed by atoms with van der Waals surface area (Å²) in [4.78, 5) is 0. The third-order valence-corrected chi connectivity index (χ3v) is 2.51. The molecule has 19 heavy (non-hydrogen) atoms. The maximum Gasteiger partial charge on any atom is 0.387 e. The fourth-order valence-corrected chi connectivity index (χ4v) is 1.66. The summed E-state index contributed by atoms with van der Waals surface area (Å²) in [5.74, 6) is 0.0865. The number of para-hydroxylation sites is 1. The average Bonchev–Trinajstić information content (AvgIpc) is 2.85. The van der Waals surface area contributed by atoms with E-state index in [0.717, 1.165) is 6.42 Å². The molecule has 7 heteroatoms. The predicted molar refractivity (Wildman–Crippen MR) is 65.8 cm³/mol. The third-order valence-electron chi connectivity index (χ3n) is 2.51. The average molecular weight is 268 g/mol. The van der Waals surface area contributed by atoms with Crippen molar-refractivity contribution in [3.63, 3.8) is 0 Å². The lowest BCUT2D eigenvalue weighted by Crippen LogP contribution is -2.06. The summed E-state index contributed by atoms with van der Waals surface area (Å²) in [6.07, 6.45) is 2.46. The molecule has 1 aromatic carbocycles. The van der Waals surface area contributed by atoms with Crippen LogP contribution in [0.3, 0.4) is 0 Å². The molecule has 0 saturated carbocycles. The van der Waals surface area contributed by atoms with Crippen LogP contribution in [-0.2, 0) is 6.54 Å². The first-order chi connectivity index (χ1) is 9.20. The van der Waals surface area contributed by atoms with E-state index in [4.69, 9.17) is 5.73 Å². The van der Waals surface area contributed by atoms with Gasteiger partial charge in [0.2, 0.25) is 0 Å². The second-order valence-corrected chi connectivity index (χ2v) is 3.88. The van der Waals surface area contributed by atoms with Crippen LogP contribution >= 0.6 is 0 Å². The fraction of sp³-hybridized carbons (Fsp3) is 0.333. The van der Waals surface area contributed by atoms with Gasteiger partial charge in [0.15, 0.2) is 0 Å². The third kappa shape index (κ3) is 3.47. The van der Waals surface area contributed by atoms with Gasteiger partial charge in [0.05, 0.1) is 6.20 Å². The summed E-state index contributed by atoms with van der Waals surface area (Å²) < 4.78 is 30.7. The van der Waals surface area contributed by atoms with Gasteiger partial charge in [0.1, 0.15) is 11.4 Å². The molecule has 5 nitrogen and oxygen atoms in total. The van der Waals surface area contributed by atoms with E-state index in [1.54, 1.807) is 29.1 Å². The minimum Gasteiger partial charge on any atom is -0.434 e. The van der Waals surface area contributed by atoms with Crippen LogP contribution in [0.4, 0.5) is 8.78 Å². The summed E-state index contributed by atoms with van der Waals surface area (Å²) >= 11 is 0. The number of hydrogen-bond acceptors (Lipinski definition) is 4. The van der Waals surface area contributed by atoms with Gasteiger partial charge in [-0.3, -0.25) is 4.68 Å². The molecule has 2 aromatic rings. The lowest BCUT2D eigenvalue weighted by atomic mass is 10.1. The number of nitrogens with two attached hydrogens (primary N) is 1. The number of benzene rings is 1. The zero-order valence-electron chi connectivity index (χ0n) is 10.2. The molecule has 0 radical (unpaired) electrons. The van der Waals surface area contributed by atoms with Gasteiger partial charge in [-0.05, 0) is 25.1 Å². The molecule has 0 aliphatic heterocycles. The molecule has 0 fully saturated rings. The zero-order chi connectivity index (χ0) is 13.7. The van der Waals surface area contributed by atoms with Crippen molar-refractivity contribution in [2.75, 3.05) is 6.54 Å². The fourth-order valence-electron chi connectivity index (χ4n) is 1.66. The summed E-state index contributed by atoms with van der Waals surface area (Å²) in [6, 6.07) is 6.49.